The number of hydrogen-bond acceptors (Lipinski definition) is 4. The van der Waals surface area contributed by atoms with Gasteiger partial charge in [-0.15, -0.1) is 0 Å². The van der Waals surface area contributed by atoms with Crippen molar-refractivity contribution >= 4 is 31.6 Å². The van der Waals surface area contributed by atoms with Crippen LogP contribution in [-0.2, 0) is 26.6 Å². The van der Waals surface area contributed by atoms with Crippen LogP contribution >= 0.6 is 11.6 Å². The summed E-state index contributed by atoms with van der Waals surface area (Å²) in [5, 5.41) is 0.451. The predicted molar refractivity (Wildman–Crippen MR) is 92.8 cm³/mol. The van der Waals surface area contributed by atoms with Crippen LogP contribution in [0.25, 0.3) is 0 Å². The van der Waals surface area contributed by atoms with E-state index in [1.165, 1.54) is 50.5 Å². The van der Waals surface area contributed by atoms with Gasteiger partial charge in [0.25, 0.3) is 0 Å². The highest BCUT2D eigenvalue weighted by Gasteiger charge is 2.17. The minimum Gasteiger partial charge on any atom is -0.207 e. The van der Waals surface area contributed by atoms with E-state index in [1.807, 2.05) is 0 Å². The van der Waals surface area contributed by atoms with E-state index in [0.717, 1.165) is 4.31 Å². The van der Waals surface area contributed by atoms with Crippen molar-refractivity contribution in [3.8, 4) is 0 Å². The molecule has 0 spiro atoms. The smallest absolute Gasteiger partial charge is 0.207 e. The molecule has 6 nitrogen and oxygen atoms in total. The molecule has 0 atom stereocenters. The van der Waals surface area contributed by atoms with Crippen LogP contribution in [0.3, 0.4) is 0 Å². The Bertz CT molecular complexity index is 907. The standard InChI is InChI=1S/C15H17ClN2O4S2/c1-18(2)24(21,22)15-7-3-12(4-8-15)11-17-23(19,20)14-9-5-13(16)6-10-14/h3-10,17H,11H2,1-2H3. The minimum absolute atomic E-state index is 0.0489. The van der Waals surface area contributed by atoms with Gasteiger partial charge in [0, 0.05) is 25.7 Å². The Labute approximate surface area is 147 Å². The highest BCUT2D eigenvalue weighted by atomic mass is 35.5. The Kier molecular flexibility index (Phi) is 5.67. The molecule has 0 aliphatic heterocycles. The molecule has 0 saturated heterocycles. The van der Waals surface area contributed by atoms with Gasteiger partial charge in [-0.3, -0.25) is 0 Å². The maximum absolute atomic E-state index is 12.2. The molecule has 2 aromatic carbocycles. The van der Waals surface area contributed by atoms with Crippen LogP contribution in [0, 0.1) is 0 Å². The van der Waals surface area contributed by atoms with Crippen LogP contribution in [0.5, 0.6) is 0 Å². The average Bonchev–Trinajstić information content (AvgIpc) is 2.53. The first kappa shape index (κ1) is 18.9. The van der Waals surface area contributed by atoms with E-state index in [4.69, 9.17) is 11.6 Å². The van der Waals surface area contributed by atoms with Crippen molar-refractivity contribution in [1.82, 2.24) is 9.03 Å². The van der Waals surface area contributed by atoms with Gasteiger partial charge in [0.05, 0.1) is 9.79 Å². The fourth-order valence-corrected chi connectivity index (χ4v) is 3.91. The zero-order valence-electron chi connectivity index (χ0n) is 13.1. The lowest BCUT2D eigenvalue weighted by atomic mass is 10.2. The molecule has 0 saturated carbocycles. The number of halogens is 1. The van der Waals surface area contributed by atoms with E-state index in [9.17, 15) is 16.8 Å². The van der Waals surface area contributed by atoms with E-state index in [2.05, 4.69) is 4.72 Å². The van der Waals surface area contributed by atoms with E-state index >= 15 is 0 Å². The van der Waals surface area contributed by atoms with Crippen LogP contribution in [-0.4, -0.2) is 35.2 Å². The minimum atomic E-state index is -3.66. The van der Waals surface area contributed by atoms with E-state index < -0.39 is 20.0 Å². The lowest BCUT2D eigenvalue weighted by Gasteiger charge is -2.12. The number of sulfonamides is 2. The predicted octanol–water partition coefficient (Wildman–Crippen LogP) is 2.07. The van der Waals surface area contributed by atoms with Crippen molar-refractivity contribution in [2.45, 2.75) is 16.3 Å². The van der Waals surface area contributed by atoms with E-state index in [0.29, 0.717) is 10.6 Å². The number of rotatable bonds is 6. The first-order valence-electron chi connectivity index (χ1n) is 6.89. The summed E-state index contributed by atoms with van der Waals surface area (Å²) < 4.78 is 51.9. The van der Waals surface area contributed by atoms with Crippen LogP contribution in [0.2, 0.25) is 5.02 Å². The molecule has 0 aromatic heterocycles. The normalized spacial score (nSPS) is 12.5. The van der Waals surface area contributed by atoms with Crippen LogP contribution in [0.4, 0.5) is 0 Å². The molecule has 9 heteroatoms. The van der Waals surface area contributed by atoms with Gasteiger partial charge in [-0.25, -0.2) is 25.9 Å². The maximum atomic E-state index is 12.2. The zero-order valence-corrected chi connectivity index (χ0v) is 15.5. The molecular formula is C15H17ClN2O4S2. The molecule has 0 heterocycles. The molecule has 0 aliphatic carbocycles. The molecule has 0 fully saturated rings. The second-order valence-electron chi connectivity index (χ2n) is 5.21. The maximum Gasteiger partial charge on any atom is 0.242 e. The van der Waals surface area contributed by atoms with Crippen molar-refractivity contribution in [3.05, 3.63) is 59.1 Å². The zero-order chi connectivity index (χ0) is 18.0. The lowest BCUT2D eigenvalue weighted by molar-refractivity contribution is 0.520. The average molecular weight is 389 g/mol. The van der Waals surface area contributed by atoms with Gasteiger partial charge in [0.2, 0.25) is 20.0 Å². The Balaban J connectivity index is 2.11. The fraction of sp³-hybridized carbons (Fsp3) is 0.200. The summed E-state index contributed by atoms with van der Waals surface area (Å²) >= 11 is 5.74. The summed E-state index contributed by atoms with van der Waals surface area (Å²) in [4.78, 5) is 0.260. The molecule has 0 aliphatic rings. The van der Waals surface area contributed by atoms with Gasteiger partial charge in [-0.1, -0.05) is 23.7 Å². The van der Waals surface area contributed by atoms with Crippen molar-refractivity contribution in [2.75, 3.05) is 14.1 Å². The number of nitrogens with one attached hydrogen (secondary N) is 1. The summed E-state index contributed by atoms with van der Waals surface area (Å²) in [6, 6.07) is 11.9. The monoisotopic (exact) mass is 388 g/mol. The van der Waals surface area contributed by atoms with Gasteiger partial charge in [0.1, 0.15) is 0 Å². The topological polar surface area (TPSA) is 83.6 Å². The van der Waals surface area contributed by atoms with Crippen molar-refractivity contribution < 1.29 is 16.8 Å². The lowest BCUT2D eigenvalue weighted by Crippen LogP contribution is -2.24. The van der Waals surface area contributed by atoms with E-state index in [1.54, 1.807) is 12.1 Å². The number of hydrogen-bond donors (Lipinski definition) is 1. The molecule has 2 aromatic rings. The van der Waals surface area contributed by atoms with Gasteiger partial charge < -0.3 is 0 Å². The molecular weight excluding hydrogens is 372 g/mol. The highest BCUT2D eigenvalue weighted by molar-refractivity contribution is 7.89. The summed E-state index contributed by atoms with van der Waals surface area (Å²) in [6.45, 7) is 0.0489. The Morgan fingerprint density at radius 3 is 1.88 bits per heavy atom. The van der Waals surface area contributed by atoms with E-state index in [-0.39, 0.29) is 16.3 Å². The Morgan fingerprint density at radius 2 is 1.38 bits per heavy atom. The van der Waals surface area contributed by atoms with Gasteiger partial charge in [0.15, 0.2) is 0 Å². The first-order valence-corrected chi connectivity index (χ1v) is 10.2. The quantitative estimate of drug-likeness (QED) is 0.821. The number of nitrogens with zero attached hydrogens (tertiary/aromatic N) is 1. The van der Waals surface area contributed by atoms with Crippen LogP contribution in [0.15, 0.2) is 58.3 Å². The second-order valence-corrected chi connectivity index (χ2v) is 9.57. The molecule has 0 unspecified atom stereocenters. The number of benzene rings is 2. The summed E-state index contributed by atoms with van der Waals surface area (Å²) in [7, 11) is -4.27. The second kappa shape index (κ2) is 7.20. The van der Waals surface area contributed by atoms with Crippen molar-refractivity contribution in [1.29, 1.82) is 0 Å². The fourth-order valence-electron chi connectivity index (χ4n) is 1.87. The molecule has 0 bridgehead atoms. The van der Waals surface area contributed by atoms with Crippen LogP contribution in [0.1, 0.15) is 5.56 Å². The highest BCUT2D eigenvalue weighted by Crippen LogP contribution is 2.16. The molecule has 2 rings (SSSR count). The molecule has 24 heavy (non-hydrogen) atoms. The third-order valence-corrected chi connectivity index (χ3v) is 6.79. The van der Waals surface area contributed by atoms with Crippen LogP contribution < -0.4 is 4.72 Å². The Morgan fingerprint density at radius 1 is 0.875 bits per heavy atom. The summed E-state index contributed by atoms with van der Waals surface area (Å²) in [5.41, 5.74) is 0.644. The third-order valence-electron chi connectivity index (χ3n) is 3.29. The summed E-state index contributed by atoms with van der Waals surface area (Å²) in [5.74, 6) is 0. The summed E-state index contributed by atoms with van der Waals surface area (Å²) in [6.07, 6.45) is 0. The third kappa shape index (κ3) is 4.34. The van der Waals surface area contributed by atoms with Crippen molar-refractivity contribution in [2.24, 2.45) is 0 Å². The molecule has 130 valence electrons. The van der Waals surface area contributed by atoms with Crippen molar-refractivity contribution in [3.63, 3.8) is 0 Å². The van der Waals surface area contributed by atoms with Gasteiger partial charge in [-0.2, -0.15) is 0 Å². The van der Waals surface area contributed by atoms with Gasteiger partial charge >= 0.3 is 0 Å². The van der Waals surface area contributed by atoms with Gasteiger partial charge in [-0.05, 0) is 42.0 Å². The molecule has 1 N–H and O–H groups in total. The molecule has 0 amide bonds. The molecule has 0 radical (unpaired) electrons. The largest absolute Gasteiger partial charge is 0.242 e. The first-order chi connectivity index (χ1) is 11.1. The Hall–Kier alpha value is -1.45. The SMILES string of the molecule is CN(C)S(=O)(=O)c1ccc(CNS(=O)(=O)c2ccc(Cl)cc2)cc1.